The van der Waals surface area contributed by atoms with Crippen molar-refractivity contribution < 1.29 is 14.2 Å². The Bertz CT molecular complexity index is 743. The molecule has 1 aliphatic heterocycles. The SMILES string of the molecule is COc1ccc2c(c1)CCN=C2Cc1ccc(OC)c(OC)c1.Cl. The van der Waals surface area contributed by atoms with Crippen LogP contribution < -0.4 is 14.2 Å². The Morgan fingerprint density at radius 1 is 0.917 bits per heavy atom. The van der Waals surface area contributed by atoms with Crippen LogP contribution in [0.25, 0.3) is 0 Å². The van der Waals surface area contributed by atoms with Crippen LogP contribution in [0, 0.1) is 0 Å². The van der Waals surface area contributed by atoms with Crippen molar-refractivity contribution in [2.75, 3.05) is 27.9 Å². The summed E-state index contributed by atoms with van der Waals surface area (Å²) in [6.45, 7) is 0.822. The maximum absolute atomic E-state index is 5.38. The molecule has 1 aliphatic rings. The normalized spacial score (nSPS) is 12.5. The van der Waals surface area contributed by atoms with Gasteiger partial charge in [-0.05, 0) is 53.4 Å². The van der Waals surface area contributed by atoms with Gasteiger partial charge in [-0.15, -0.1) is 12.4 Å². The summed E-state index contributed by atoms with van der Waals surface area (Å²) in [6, 6.07) is 12.2. The minimum absolute atomic E-state index is 0. The lowest BCUT2D eigenvalue weighted by molar-refractivity contribution is 0.354. The predicted octanol–water partition coefficient (Wildman–Crippen LogP) is 3.72. The summed E-state index contributed by atoms with van der Waals surface area (Å²) in [5.41, 5.74) is 4.79. The van der Waals surface area contributed by atoms with Crippen molar-refractivity contribution in [3.05, 3.63) is 53.1 Å². The molecular formula is C19H22ClNO3. The lowest BCUT2D eigenvalue weighted by Crippen LogP contribution is -2.15. The molecule has 3 rings (SSSR count). The molecule has 0 unspecified atom stereocenters. The first kappa shape index (κ1) is 18.1. The molecule has 5 heteroatoms. The Hall–Kier alpha value is -2.20. The van der Waals surface area contributed by atoms with E-state index < -0.39 is 0 Å². The first-order valence-corrected chi connectivity index (χ1v) is 7.66. The van der Waals surface area contributed by atoms with E-state index in [-0.39, 0.29) is 12.4 Å². The molecule has 0 N–H and O–H groups in total. The van der Waals surface area contributed by atoms with Gasteiger partial charge in [0.25, 0.3) is 0 Å². The number of fused-ring (bicyclic) bond motifs is 1. The van der Waals surface area contributed by atoms with Gasteiger partial charge in [0.15, 0.2) is 11.5 Å². The van der Waals surface area contributed by atoms with E-state index >= 15 is 0 Å². The van der Waals surface area contributed by atoms with E-state index in [4.69, 9.17) is 19.2 Å². The summed E-state index contributed by atoms with van der Waals surface area (Å²) in [5.74, 6) is 2.39. The van der Waals surface area contributed by atoms with E-state index in [2.05, 4.69) is 18.2 Å². The minimum atomic E-state index is 0. The van der Waals surface area contributed by atoms with Crippen molar-refractivity contribution in [2.45, 2.75) is 12.8 Å². The number of ether oxygens (including phenoxy) is 3. The van der Waals surface area contributed by atoms with Crippen molar-refractivity contribution in [1.82, 2.24) is 0 Å². The summed E-state index contributed by atoms with van der Waals surface area (Å²) in [6.07, 6.45) is 1.74. The Morgan fingerprint density at radius 3 is 2.42 bits per heavy atom. The molecule has 0 amide bonds. The monoisotopic (exact) mass is 347 g/mol. The number of aliphatic imine (C=N–C) groups is 1. The molecule has 0 bridgehead atoms. The molecule has 0 saturated carbocycles. The fourth-order valence-corrected chi connectivity index (χ4v) is 2.92. The zero-order valence-corrected chi connectivity index (χ0v) is 15.0. The van der Waals surface area contributed by atoms with Crippen molar-refractivity contribution in [3.63, 3.8) is 0 Å². The molecule has 0 radical (unpaired) electrons. The van der Waals surface area contributed by atoms with E-state index in [0.717, 1.165) is 47.9 Å². The predicted molar refractivity (Wildman–Crippen MR) is 98.6 cm³/mol. The smallest absolute Gasteiger partial charge is 0.160 e. The van der Waals surface area contributed by atoms with Crippen LogP contribution in [-0.4, -0.2) is 33.6 Å². The first-order valence-electron chi connectivity index (χ1n) is 7.66. The van der Waals surface area contributed by atoms with Gasteiger partial charge in [0.2, 0.25) is 0 Å². The number of benzene rings is 2. The summed E-state index contributed by atoms with van der Waals surface area (Å²) in [7, 11) is 5.00. The molecule has 1 heterocycles. The lowest BCUT2D eigenvalue weighted by atomic mass is 9.93. The zero-order chi connectivity index (χ0) is 16.2. The van der Waals surface area contributed by atoms with Gasteiger partial charge in [-0.2, -0.15) is 0 Å². The number of rotatable bonds is 5. The molecular weight excluding hydrogens is 326 g/mol. The van der Waals surface area contributed by atoms with Gasteiger partial charge in [0, 0.05) is 18.7 Å². The Balaban J connectivity index is 0.00000208. The highest BCUT2D eigenvalue weighted by Gasteiger charge is 2.16. The van der Waals surface area contributed by atoms with Crippen molar-refractivity contribution in [1.29, 1.82) is 0 Å². The topological polar surface area (TPSA) is 40.0 Å². The van der Waals surface area contributed by atoms with Gasteiger partial charge in [0.05, 0.1) is 21.3 Å². The van der Waals surface area contributed by atoms with Gasteiger partial charge < -0.3 is 14.2 Å². The van der Waals surface area contributed by atoms with Gasteiger partial charge in [-0.3, -0.25) is 4.99 Å². The molecule has 0 saturated heterocycles. The average Bonchev–Trinajstić information content (AvgIpc) is 2.61. The van der Waals surface area contributed by atoms with E-state index in [1.807, 2.05) is 18.2 Å². The number of methoxy groups -OCH3 is 3. The lowest BCUT2D eigenvalue weighted by Gasteiger charge is -2.18. The number of halogens is 1. The van der Waals surface area contributed by atoms with Gasteiger partial charge >= 0.3 is 0 Å². The number of hydrogen-bond acceptors (Lipinski definition) is 4. The van der Waals surface area contributed by atoms with E-state index in [9.17, 15) is 0 Å². The number of nitrogens with zero attached hydrogens (tertiary/aromatic N) is 1. The maximum Gasteiger partial charge on any atom is 0.160 e. The molecule has 0 aromatic heterocycles. The van der Waals surface area contributed by atoms with Gasteiger partial charge in [-0.25, -0.2) is 0 Å². The fraction of sp³-hybridized carbons (Fsp3) is 0.316. The highest BCUT2D eigenvalue weighted by molar-refractivity contribution is 6.04. The fourth-order valence-electron chi connectivity index (χ4n) is 2.92. The Labute approximate surface area is 148 Å². The van der Waals surface area contributed by atoms with Crippen LogP contribution in [-0.2, 0) is 12.8 Å². The third-order valence-corrected chi connectivity index (χ3v) is 4.13. The van der Waals surface area contributed by atoms with Crippen LogP contribution in [0.1, 0.15) is 16.7 Å². The summed E-state index contributed by atoms with van der Waals surface area (Å²) < 4.78 is 16.0. The molecule has 0 spiro atoms. The quantitative estimate of drug-likeness (QED) is 0.827. The largest absolute Gasteiger partial charge is 0.497 e. The molecule has 24 heavy (non-hydrogen) atoms. The van der Waals surface area contributed by atoms with Gasteiger partial charge in [-0.1, -0.05) is 6.07 Å². The van der Waals surface area contributed by atoms with E-state index in [1.165, 1.54) is 11.1 Å². The summed E-state index contributed by atoms with van der Waals surface area (Å²) in [5, 5.41) is 0. The highest BCUT2D eigenvalue weighted by Crippen LogP contribution is 2.29. The van der Waals surface area contributed by atoms with E-state index in [1.54, 1.807) is 21.3 Å². The van der Waals surface area contributed by atoms with Crippen LogP contribution in [0.2, 0.25) is 0 Å². The molecule has 2 aromatic carbocycles. The minimum Gasteiger partial charge on any atom is -0.497 e. The molecule has 4 nitrogen and oxygen atoms in total. The van der Waals surface area contributed by atoms with Crippen LogP contribution in [0.3, 0.4) is 0 Å². The van der Waals surface area contributed by atoms with Crippen LogP contribution in [0.5, 0.6) is 17.2 Å². The molecule has 0 atom stereocenters. The van der Waals surface area contributed by atoms with Crippen LogP contribution >= 0.6 is 12.4 Å². The third-order valence-electron chi connectivity index (χ3n) is 4.13. The van der Waals surface area contributed by atoms with Crippen LogP contribution in [0.15, 0.2) is 41.4 Å². The van der Waals surface area contributed by atoms with Crippen LogP contribution in [0.4, 0.5) is 0 Å². The second kappa shape index (κ2) is 8.06. The molecule has 0 aliphatic carbocycles. The third kappa shape index (κ3) is 3.65. The molecule has 0 fully saturated rings. The second-order valence-corrected chi connectivity index (χ2v) is 5.47. The highest BCUT2D eigenvalue weighted by atomic mass is 35.5. The number of hydrogen-bond donors (Lipinski definition) is 0. The Kier molecular flexibility index (Phi) is 6.10. The summed E-state index contributed by atoms with van der Waals surface area (Å²) in [4.78, 5) is 4.72. The summed E-state index contributed by atoms with van der Waals surface area (Å²) >= 11 is 0. The first-order chi connectivity index (χ1) is 11.2. The van der Waals surface area contributed by atoms with E-state index in [0.29, 0.717) is 0 Å². The zero-order valence-electron chi connectivity index (χ0n) is 14.2. The molecule has 2 aromatic rings. The molecule has 128 valence electrons. The average molecular weight is 348 g/mol. The maximum atomic E-state index is 5.38. The van der Waals surface area contributed by atoms with Crippen molar-refractivity contribution in [2.24, 2.45) is 4.99 Å². The van der Waals surface area contributed by atoms with Crippen molar-refractivity contribution >= 4 is 18.1 Å². The standard InChI is InChI=1S/C19H21NO3.ClH/c1-21-15-5-6-16-14(12-15)8-9-20-17(16)10-13-4-7-18(22-2)19(11-13)23-3;/h4-7,11-12H,8-10H2,1-3H3;1H. The van der Waals surface area contributed by atoms with Crippen molar-refractivity contribution in [3.8, 4) is 17.2 Å². The van der Waals surface area contributed by atoms with Gasteiger partial charge in [0.1, 0.15) is 5.75 Å². The Morgan fingerprint density at radius 2 is 1.71 bits per heavy atom. The second-order valence-electron chi connectivity index (χ2n) is 5.47.